The number of carboxylic acids is 1. The van der Waals surface area contributed by atoms with Crippen molar-refractivity contribution in [2.45, 2.75) is 25.7 Å². The summed E-state index contributed by atoms with van der Waals surface area (Å²) in [5.74, 6) is -2.58. The Morgan fingerprint density at radius 2 is 2.06 bits per heavy atom. The first-order chi connectivity index (χ1) is 7.36. The molecule has 1 fully saturated rings. The highest BCUT2D eigenvalue weighted by Gasteiger charge is 2.57. The largest absolute Gasteiger partial charge is 0.481 e. The smallest absolute Gasteiger partial charge is 0.307 e. The molecule has 0 spiro atoms. The van der Waals surface area contributed by atoms with Crippen LogP contribution in [0.1, 0.15) is 24.5 Å². The van der Waals surface area contributed by atoms with Crippen LogP contribution in [0.15, 0.2) is 12.1 Å². The first kappa shape index (κ1) is 11.0. The number of hydrogen-bond acceptors (Lipinski definition) is 1. The number of hydrogen-bond donors (Lipinski definition) is 1. The Morgan fingerprint density at radius 3 is 2.56 bits per heavy atom. The highest BCUT2D eigenvalue weighted by Crippen LogP contribution is 2.54. The Hall–Kier alpha value is -1.45. The molecule has 0 radical (unpaired) electrons. The van der Waals surface area contributed by atoms with Crippen LogP contribution in [0.3, 0.4) is 0 Å². The molecule has 2 nitrogen and oxygen atoms in total. The molecule has 1 saturated carbocycles. The van der Waals surface area contributed by atoms with Crippen molar-refractivity contribution in [2.24, 2.45) is 5.92 Å². The van der Waals surface area contributed by atoms with Crippen LogP contribution in [0.2, 0.25) is 0 Å². The van der Waals surface area contributed by atoms with E-state index < -0.39 is 28.9 Å². The van der Waals surface area contributed by atoms with Crippen LogP contribution in [0.25, 0.3) is 0 Å². The third kappa shape index (κ3) is 1.49. The van der Waals surface area contributed by atoms with Gasteiger partial charge in [-0.25, -0.2) is 8.78 Å². The summed E-state index contributed by atoms with van der Waals surface area (Å²) in [4.78, 5) is 10.8. The molecule has 86 valence electrons. The molecule has 0 aromatic heterocycles. The molecule has 16 heavy (non-hydrogen) atoms. The number of aryl methyl sites for hydroxylation is 1. The summed E-state index contributed by atoms with van der Waals surface area (Å²) in [6.45, 7) is 3.13. The van der Waals surface area contributed by atoms with Gasteiger partial charge in [-0.1, -0.05) is 6.92 Å². The van der Waals surface area contributed by atoms with Crippen molar-refractivity contribution < 1.29 is 18.7 Å². The first-order valence-electron chi connectivity index (χ1n) is 5.05. The fraction of sp³-hybridized carbons (Fsp3) is 0.417. The van der Waals surface area contributed by atoms with E-state index in [9.17, 15) is 13.6 Å². The molecule has 4 heteroatoms. The van der Waals surface area contributed by atoms with Gasteiger partial charge in [0.25, 0.3) is 0 Å². The zero-order chi connectivity index (χ0) is 12.1. The van der Waals surface area contributed by atoms with Crippen molar-refractivity contribution in [2.75, 3.05) is 0 Å². The van der Waals surface area contributed by atoms with Crippen molar-refractivity contribution in [1.82, 2.24) is 0 Å². The minimum atomic E-state index is -0.956. The monoisotopic (exact) mass is 226 g/mol. The number of benzene rings is 1. The molecular formula is C12H12F2O2. The fourth-order valence-electron chi connectivity index (χ4n) is 2.11. The Kier molecular flexibility index (Phi) is 2.26. The second kappa shape index (κ2) is 3.27. The third-order valence-corrected chi connectivity index (χ3v) is 3.40. The molecule has 1 N–H and O–H groups in total. The average Bonchev–Trinajstić information content (AvgIpc) is 2.86. The van der Waals surface area contributed by atoms with Crippen LogP contribution in [0.4, 0.5) is 8.78 Å². The lowest BCUT2D eigenvalue weighted by molar-refractivity contribution is -0.138. The van der Waals surface area contributed by atoms with Gasteiger partial charge in [-0.2, -0.15) is 0 Å². The van der Waals surface area contributed by atoms with Crippen LogP contribution >= 0.6 is 0 Å². The van der Waals surface area contributed by atoms with E-state index in [-0.39, 0.29) is 11.1 Å². The van der Waals surface area contributed by atoms with Crippen molar-refractivity contribution >= 4 is 5.97 Å². The zero-order valence-corrected chi connectivity index (χ0v) is 9.05. The number of rotatable bonds is 2. The molecular weight excluding hydrogens is 214 g/mol. The van der Waals surface area contributed by atoms with Crippen LogP contribution in [-0.2, 0) is 10.2 Å². The van der Waals surface area contributed by atoms with E-state index in [4.69, 9.17) is 5.11 Å². The molecule has 2 rings (SSSR count). The summed E-state index contributed by atoms with van der Waals surface area (Å²) in [7, 11) is 0. The number of aliphatic carboxylic acids is 1. The number of carboxylic acid groups (broad SMARTS) is 1. The van der Waals surface area contributed by atoms with Crippen molar-refractivity contribution in [3.05, 3.63) is 34.9 Å². The first-order valence-corrected chi connectivity index (χ1v) is 5.05. The highest BCUT2D eigenvalue weighted by molar-refractivity contribution is 5.77. The van der Waals surface area contributed by atoms with Crippen molar-refractivity contribution in [3.63, 3.8) is 0 Å². The van der Waals surface area contributed by atoms with E-state index in [1.165, 1.54) is 6.92 Å². The van der Waals surface area contributed by atoms with Gasteiger partial charge in [0.2, 0.25) is 0 Å². The minimum Gasteiger partial charge on any atom is -0.481 e. The van der Waals surface area contributed by atoms with Gasteiger partial charge in [0.1, 0.15) is 11.6 Å². The van der Waals surface area contributed by atoms with E-state index >= 15 is 0 Å². The normalized spacial score (nSPS) is 27.9. The highest BCUT2D eigenvalue weighted by atomic mass is 19.1. The van der Waals surface area contributed by atoms with E-state index in [1.54, 1.807) is 6.92 Å². The lowest BCUT2D eigenvalue weighted by atomic mass is 9.93. The molecule has 2 unspecified atom stereocenters. The maximum absolute atomic E-state index is 13.6. The summed E-state index contributed by atoms with van der Waals surface area (Å²) >= 11 is 0. The SMILES string of the molecule is Cc1cc(F)c(C2(C)CC2C(=O)O)cc1F. The van der Waals surface area contributed by atoms with E-state index in [0.717, 1.165) is 12.1 Å². The summed E-state index contributed by atoms with van der Waals surface area (Å²) in [6.07, 6.45) is 0.363. The third-order valence-electron chi connectivity index (χ3n) is 3.40. The Labute approximate surface area is 91.9 Å². The van der Waals surface area contributed by atoms with Gasteiger partial charge in [0, 0.05) is 5.41 Å². The van der Waals surface area contributed by atoms with Crippen molar-refractivity contribution in [3.8, 4) is 0 Å². The molecule has 2 atom stereocenters. The zero-order valence-electron chi connectivity index (χ0n) is 9.05. The van der Waals surface area contributed by atoms with Crippen LogP contribution in [0.5, 0.6) is 0 Å². The van der Waals surface area contributed by atoms with Crippen LogP contribution in [0, 0.1) is 24.5 Å². The topological polar surface area (TPSA) is 37.3 Å². The van der Waals surface area contributed by atoms with E-state index in [1.807, 2.05) is 0 Å². The molecule has 0 amide bonds. The molecule has 1 aliphatic rings. The quantitative estimate of drug-likeness (QED) is 0.841. The molecule has 1 aliphatic carbocycles. The average molecular weight is 226 g/mol. The Balaban J connectivity index is 2.43. The molecule has 1 aromatic carbocycles. The molecule has 0 heterocycles. The van der Waals surface area contributed by atoms with Gasteiger partial charge in [-0.05, 0) is 36.6 Å². The summed E-state index contributed by atoms with van der Waals surface area (Å²) < 4.78 is 27.0. The minimum absolute atomic E-state index is 0.169. The van der Waals surface area contributed by atoms with E-state index in [2.05, 4.69) is 0 Å². The second-order valence-electron chi connectivity index (χ2n) is 4.59. The lowest BCUT2D eigenvalue weighted by Crippen LogP contribution is -2.13. The van der Waals surface area contributed by atoms with Gasteiger partial charge >= 0.3 is 5.97 Å². The lowest BCUT2D eigenvalue weighted by Gasteiger charge is -2.12. The fourth-order valence-corrected chi connectivity index (χ4v) is 2.11. The predicted molar refractivity (Wildman–Crippen MR) is 54.2 cm³/mol. The standard InChI is InChI=1S/C12H12F2O2/c1-6-3-10(14)7(4-9(6)13)12(2)5-8(12)11(15)16/h3-4,8H,5H2,1-2H3,(H,15,16). The van der Waals surface area contributed by atoms with Gasteiger partial charge in [0.15, 0.2) is 0 Å². The summed E-state index contributed by atoms with van der Waals surface area (Å²) in [5.41, 5.74) is -0.356. The van der Waals surface area contributed by atoms with Crippen LogP contribution in [-0.4, -0.2) is 11.1 Å². The van der Waals surface area contributed by atoms with Crippen LogP contribution < -0.4 is 0 Å². The molecule has 0 bridgehead atoms. The predicted octanol–water partition coefficient (Wildman–Crippen LogP) is 2.64. The summed E-state index contributed by atoms with van der Waals surface area (Å²) in [6, 6.07) is 2.24. The Morgan fingerprint density at radius 1 is 1.44 bits per heavy atom. The van der Waals surface area contributed by atoms with Gasteiger partial charge in [0.05, 0.1) is 5.92 Å². The van der Waals surface area contributed by atoms with Gasteiger partial charge in [-0.15, -0.1) is 0 Å². The van der Waals surface area contributed by atoms with Gasteiger partial charge < -0.3 is 5.11 Å². The number of halogens is 2. The van der Waals surface area contributed by atoms with Gasteiger partial charge in [-0.3, -0.25) is 4.79 Å². The van der Waals surface area contributed by atoms with Crippen molar-refractivity contribution in [1.29, 1.82) is 0 Å². The second-order valence-corrected chi connectivity index (χ2v) is 4.59. The Bertz CT molecular complexity index is 470. The number of carbonyl (C=O) groups is 1. The summed E-state index contributed by atoms with van der Waals surface area (Å²) in [5, 5.41) is 8.85. The molecule has 0 saturated heterocycles. The molecule has 1 aromatic rings. The van der Waals surface area contributed by atoms with E-state index in [0.29, 0.717) is 6.42 Å². The maximum atomic E-state index is 13.6. The maximum Gasteiger partial charge on any atom is 0.307 e. The molecule has 0 aliphatic heterocycles.